The molecule has 0 saturated heterocycles. The van der Waals surface area contributed by atoms with Gasteiger partial charge >= 0.3 is 0 Å². The number of aliphatic hydroxyl groups is 1. The van der Waals surface area contributed by atoms with Crippen LogP contribution in [0.4, 0.5) is 11.8 Å². The SMILES string of the molecule is CCC[C@@H](CCCCO)Nc1nc(N)nc2cccnc12. The molecule has 21 heavy (non-hydrogen) atoms. The number of rotatable bonds is 8. The van der Waals surface area contributed by atoms with E-state index in [0.717, 1.165) is 43.1 Å². The van der Waals surface area contributed by atoms with Gasteiger partial charge in [0.05, 0.1) is 5.52 Å². The fraction of sp³-hybridized carbons (Fsp3) is 0.533. The molecule has 0 aromatic carbocycles. The van der Waals surface area contributed by atoms with Gasteiger partial charge in [0.2, 0.25) is 5.95 Å². The van der Waals surface area contributed by atoms with E-state index in [2.05, 4.69) is 27.2 Å². The molecule has 4 N–H and O–H groups in total. The molecule has 0 aliphatic rings. The van der Waals surface area contributed by atoms with E-state index in [0.29, 0.717) is 11.9 Å². The van der Waals surface area contributed by atoms with Gasteiger partial charge in [-0.15, -0.1) is 0 Å². The molecule has 0 fully saturated rings. The number of hydrogen-bond donors (Lipinski definition) is 3. The maximum atomic E-state index is 8.91. The zero-order valence-corrected chi connectivity index (χ0v) is 12.4. The second kappa shape index (κ2) is 7.73. The molecule has 6 nitrogen and oxygen atoms in total. The van der Waals surface area contributed by atoms with Crippen molar-refractivity contribution in [3.63, 3.8) is 0 Å². The number of nitrogens with one attached hydrogen (secondary N) is 1. The van der Waals surface area contributed by atoms with Gasteiger partial charge in [0, 0.05) is 18.8 Å². The van der Waals surface area contributed by atoms with Crippen LogP contribution in [0.3, 0.4) is 0 Å². The Bertz CT molecular complexity index is 575. The first-order valence-corrected chi connectivity index (χ1v) is 7.50. The maximum absolute atomic E-state index is 8.91. The third-order valence-corrected chi connectivity index (χ3v) is 3.41. The monoisotopic (exact) mass is 289 g/mol. The van der Waals surface area contributed by atoms with E-state index in [-0.39, 0.29) is 12.6 Å². The van der Waals surface area contributed by atoms with Gasteiger partial charge in [-0.2, -0.15) is 4.98 Å². The zero-order chi connectivity index (χ0) is 15.1. The van der Waals surface area contributed by atoms with E-state index in [9.17, 15) is 0 Å². The van der Waals surface area contributed by atoms with Crippen LogP contribution in [0.25, 0.3) is 11.0 Å². The Morgan fingerprint density at radius 1 is 1.29 bits per heavy atom. The molecule has 0 aliphatic carbocycles. The topological polar surface area (TPSA) is 97.0 Å². The van der Waals surface area contributed by atoms with Gasteiger partial charge in [-0.25, -0.2) is 4.98 Å². The van der Waals surface area contributed by atoms with Crippen molar-refractivity contribution in [3.8, 4) is 0 Å². The number of nitrogen functional groups attached to an aromatic ring is 1. The molecule has 0 saturated carbocycles. The summed E-state index contributed by atoms with van der Waals surface area (Å²) in [4.78, 5) is 12.8. The first-order valence-electron chi connectivity index (χ1n) is 7.50. The van der Waals surface area contributed by atoms with E-state index < -0.39 is 0 Å². The van der Waals surface area contributed by atoms with Gasteiger partial charge in [0.1, 0.15) is 5.52 Å². The summed E-state index contributed by atoms with van der Waals surface area (Å²) in [5.41, 5.74) is 7.27. The minimum atomic E-state index is 0.240. The van der Waals surface area contributed by atoms with Crippen molar-refractivity contribution < 1.29 is 5.11 Å². The third-order valence-electron chi connectivity index (χ3n) is 3.41. The van der Waals surface area contributed by atoms with Gasteiger partial charge < -0.3 is 16.2 Å². The Labute approximate surface area is 124 Å². The summed E-state index contributed by atoms with van der Waals surface area (Å²) in [7, 11) is 0. The summed E-state index contributed by atoms with van der Waals surface area (Å²) < 4.78 is 0. The van der Waals surface area contributed by atoms with Crippen molar-refractivity contribution in [1.29, 1.82) is 0 Å². The van der Waals surface area contributed by atoms with Crippen LogP contribution in [0, 0.1) is 0 Å². The highest BCUT2D eigenvalue weighted by Crippen LogP contribution is 2.21. The standard InChI is InChI=1S/C15H23N5O/c1-2-6-11(7-3-4-10-21)18-14-13-12(8-5-9-17-13)19-15(16)20-14/h5,8-9,11,21H,2-4,6-7,10H2,1H3,(H3,16,18,19,20)/t11-/m0/s1. The predicted octanol–water partition coefficient (Wildman–Crippen LogP) is 2.35. The highest BCUT2D eigenvalue weighted by atomic mass is 16.2. The molecule has 0 spiro atoms. The fourth-order valence-corrected chi connectivity index (χ4v) is 2.42. The van der Waals surface area contributed by atoms with Crippen LogP contribution >= 0.6 is 0 Å². The molecule has 6 heteroatoms. The molecule has 2 aromatic heterocycles. The van der Waals surface area contributed by atoms with Gasteiger partial charge in [0.15, 0.2) is 5.82 Å². The van der Waals surface area contributed by atoms with E-state index in [4.69, 9.17) is 10.8 Å². The largest absolute Gasteiger partial charge is 0.396 e. The number of aliphatic hydroxyl groups excluding tert-OH is 1. The highest BCUT2D eigenvalue weighted by Gasteiger charge is 2.12. The summed E-state index contributed by atoms with van der Waals surface area (Å²) >= 11 is 0. The second-order valence-electron chi connectivity index (χ2n) is 5.15. The number of hydrogen-bond acceptors (Lipinski definition) is 6. The molecule has 2 rings (SSSR count). The smallest absolute Gasteiger partial charge is 0.222 e. The number of unbranched alkanes of at least 4 members (excludes halogenated alkanes) is 1. The summed E-state index contributed by atoms with van der Waals surface area (Å²) in [6.07, 6.45) is 6.67. The lowest BCUT2D eigenvalue weighted by molar-refractivity contribution is 0.281. The van der Waals surface area contributed by atoms with Crippen LogP contribution in [0.5, 0.6) is 0 Å². The average molecular weight is 289 g/mol. The van der Waals surface area contributed by atoms with Crippen molar-refractivity contribution in [2.24, 2.45) is 0 Å². The molecule has 2 heterocycles. The number of pyridine rings is 1. The second-order valence-corrected chi connectivity index (χ2v) is 5.15. The number of fused-ring (bicyclic) bond motifs is 1. The number of anilines is 2. The molecule has 0 bridgehead atoms. The number of nitrogens with zero attached hydrogens (tertiary/aromatic N) is 3. The van der Waals surface area contributed by atoms with Gasteiger partial charge in [-0.3, -0.25) is 4.98 Å². The zero-order valence-electron chi connectivity index (χ0n) is 12.4. The normalized spacial score (nSPS) is 12.5. The van der Waals surface area contributed by atoms with E-state index in [1.807, 2.05) is 12.1 Å². The lowest BCUT2D eigenvalue weighted by Gasteiger charge is -2.19. The number of aromatic nitrogens is 3. The summed E-state index contributed by atoms with van der Waals surface area (Å²) in [5, 5.41) is 12.4. The Morgan fingerprint density at radius 3 is 2.90 bits per heavy atom. The summed E-state index contributed by atoms with van der Waals surface area (Å²) in [6.45, 7) is 2.40. The Morgan fingerprint density at radius 2 is 2.14 bits per heavy atom. The van der Waals surface area contributed by atoms with Crippen LogP contribution < -0.4 is 11.1 Å². The van der Waals surface area contributed by atoms with Crippen LogP contribution in [0.15, 0.2) is 18.3 Å². The minimum absolute atomic E-state index is 0.240. The van der Waals surface area contributed by atoms with Crippen molar-refractivity contribution >= 4 is 22.8 Å². The van der Waals surface area contributed by atoms with Crippen LogP contribution in [0.2, 0.25) is 0 Å². The Kier molecular flexibility index (Phi) is 5.68. The predicted molar refractivity (Wildman–Crippen MR) is 85.0 cm³/mol. The highest BCUT2D eigenvalue weighted by molar-refractivity contribution is 5.85. The molecule has 0 radical (unpaired) electrons. The van der Waals surface area contributed by atoms with Gasteiger partial charge in [0.25, 0.3) is 0 Å². The molecule has 0 aliphatic heterocycles. The van der Waals surface area contributed by atoms with E-state index in [1.54, 1.807) is 6.20 Å². The molecule has 0 unspecified atom stereocenters. The van der Waals surface area contributed by atoms with Crippen molar-refractivity contribution in [3.05, 3.63) is 18.3 Å². The Balaban J connectivity index is 2.19. The summed E-state index contributed by atoms with van der Waals surface area (Å²) in [6, 6.07) is 4.02. The van der Waals surface area contributed by atoms with Crippen LogP contribution in [-0.2, 0) is 0 Å². The minimum Gasteiger partial charge on any atom is -0.396 e. The molecular formula is C15H23N5O. The maximum Gasteiger partial charge on any atom is 0.222 e. The fourth-order valence-electron chi connectivity index (χ4n) is 2.42. The number of nitrogens with two attached hydrogens (primary N) is 1. The molecular weight excluding hydrogens is 266 g/mol. The molecule has 1 atom stereocenters. The van der Waals surface area contributed by atoms with E-state index >= 15 is 0 Å². The molecule has 2 aromatic rings. The Hall–Kier alpha value is -1.95. The average Bonchev–Trinajstić information content (AvgIpc) is 2.47. The van der Waals surface area contributed by atoms with Gasteiger partial charge in [-0.1, -0.05) is 13.3 Å². The van der Waals surface area contributed by atoms with Crippen molar-refractivity contribution in [1.82, 2.24) is 15.0 Å². The first kappa shape index (κ1) is 15.4. The summed E-state index contributed by atoms with van der Waals surface area (Å²) in [5.74, 6) is 0.948. The lowest BCUT2D eigenvalue weighted by atomic mass is 10.0. The van der Waals surface area contributed by atoms with Gasteiger partial charge in [-0.05, 0) is 37.8 Å². The molecule has 114 valence electrons. The molecule has 0 amide bonds. The van der Waals surface area contributed by atoms with E-state index in [1.165, 1.54) is 0 Å². The van der Waals surface area contributed by atoms with Crippen LogP contribution in [-0.4, -0.2) is 32.7 Å². The quantitative estimate of drug-likeness (QED) is 0.645. The van der Waals surface area contributed by atoms with Crippen LogP contribution in [0.1, 0.15) is 39.0 Å². The van der Waals surface area contributed by atoms with Crippen molar-refractivity contribution in [2.45, 2.75) is 45.1 Å². The lowest BCUT2D eigenvalue weighted by Crippen LogP contribution is -2.21. The first-order chi connectivity index (χ1) is 10.2. The third kappa shape index (κ3) is 4.26. The van der Waals surface area contributed by atoms with Crippen molar-refractivity contribution in [2.75, 3.05) is 17.7 Å².